The Balaban J connectivity index is 1.66. The number of ether oxygens (including phenoxy) is 1. The minimum atomic E-state index is -0.738. The molecule has 0 bridgehead atoms. The molecule has 1 aliphatic rings. The Morgan fingerprint density at radius 2 is 2.04 bits per heavy atom. The maximum Gasteiger partial charge on any atom is 0.343 e. The van der Waals surface area contributed by atoms with Gasteiger partial charge in [0.25, 0.3) is 5.91 Å². The number of nitrogens with zero attached hydrogens (tertiary/aromatic N) is 2. The van der Waals surface area contributed by atoms with Gasteiger partial charge in [-0.25, -0.2) is 4.79 Å². The van der Waals surface area contributed by atoms with Crippen LogP contribution in [0.4, 0.5) is 0 Å². The summed E-state index contributed by atoms with van der Waals surface area (Å²) in [5.74, 6) is -0.108. The fourth-order valence-electron chi connectivity index (χ4n) is 3.51. The molecule has 2 aromatic heterocycles. The van der Waals surface area contributed by atoms with E-state index in [9.17, 15) is 14.9 Å². The molecule has 1 aliphatic carbocycles. The Morgan fingerprint density at radius 1 is 1.33 bits per heavy atom. The third-order valence-corrected chi connectivity index (χ3v) is 5.01. The van der Waals surface area contributed by atoms with Crippen LogP contribution in [0.15, 0.2) is 28.9 Å². The van der Waals surface area contributed by atoms with Gasteiger partial charge in [0.15, 0.2) is 6.61 Å². The molecule has 1 saturated carbocycles. The van der Waals surface area contributed by atoms with Crippen LogP contribution in [-0.4, -0.2) is 29.1 Å². The lowest BCUT2D eigenvalue weighted by Crippen LogP contribution is -2.42. The van der Waals surface area contributed by atoms with E-state index >= 15 is 0 Å². The summed E-state index contributed by atoms with van der Waals surface area (Å²) in [5, 5.41) is 12.4. The lowest BCUT2D eigenvalue weighted by molar-refractivity contribution is -0.125. The van der Waals surface area contributed by atoms with Crippen LogP contribution in [0.25, 0.3) is 5.88 Å². The standard InChI is InChI=1S/C20H23N3O4/c1-13-7-3-4-8-16(13)22-17(24)12-26-20(25)18-14(2)27-19(15(18)11-21)23-9-5-6-10-23/h5-6,9-10,13,16H,3-4,7-8,12H2,1-2H3,(H,22,24)/t13-,16-/m0/s1. The van der Waals surface area contributed by atoms with Gasteiger partial charge in [-0.15, -0.1) is 0 Å². The number of aromatic nitrogens is 1. The molecular formula is C20H23N3O4. The highest BCUT2D eigenvalue weighted by atomic mass is 16.5. The first-order valence-electron chi connectivity index (χ1n) is 9.14. The Hall–Kier alpha value is -3.01. The molecule has 2 heterocycles. The quantitative estimate of drug-likeness (QED) is 0.817. The lowest BCUT2D eigenvalue weighted by Gasteiger charge is -2.29. The van der Waals surface area contributed by atoms with Crippen LogP contribution in [0.2, 0.25) is 0 Å². The van der Waals surface area contributed by atoms with Crippen LogP contribution >= 0.6 is 0 Å². The van der Waals surface area contributed by atoms with Crippen LogP contribution in [-0.2, 0) is 9.53 Å². The van der Waals surface area contributed by atoms with E-state index in [4.69, 9.17) is 9.15 Å². The highest BCUT2D eigenvalue weighted by molar-refractivity contribution is 5.95. The minimum absolute atomic E-state index is 0.0556. The number of nitriles is 1. The maximum atomic E-state index is 12.5. The number of aryl methyl sites for hydroxylation is 1. The summed E-state index contributed by atoms with van der Waals surface area (Å²) in [6.07, 6.45) is 7.74. The summed E-state index contributed by atoms with van der Waals surface area (Å²) >= 11 is 0. The molecule has 0 unspecified atom stereocenters. The molecule has 0 spiro atoms. The molecule has 2 aromatic rings. The Kier molecular flexibility index (Phi) is 5.65. The molecule has 1 N–H and O–H groups in total. The van der Waals surface area contributed by atoms with Gasteiger partial charge in [-0.3, -0.25) is 9.36 Å². The number of hydrogen-bond acceptors (Lipinski definition) is 5. The van der Waals surface area contributed by atoms with Crippen LogP contribution in [0.5, 0.6) is 0 Å². The molecule has 142 valence electrons. The average molecular weight is 369 g/mol. The number of nitrogens with one attached hydrogen (secondary N) is 1. The summed E-state index contributed by atoms with van der Waals surface area (Å²) in [7, 11) is 0. The van der Waals surface area contributed by atoms with Gasteiger partial charge < -0.3 is 14.5 Å². The molecule has 1 fully saturated rings. The van der Waals surface area contributed by atoms with Gasteiger partial charge in [0, 0.05) is 18.4 Å². The summed E-state index contributed by atoms with van der Waals surface area (Å²) < 4.78 is 12.3. The van der Waals surface area contributed by atoms with Crippen molar-refractivity contribution in [1.82, 2.24) is 9.88 Å². The van der Waals surface area contributed by atoms with Crippen molar-refractivity contribution in [2.75, 3.05) is 6.61 Å². The van der Waals surface area contributed by atoms with E-state index in [-0.39, 0.29) is 41.3 Å². The fourth-order valence-corrected chi connectivity index (χ4v) is 3.51. The van der Waals surface area contributed by atoms with Gasteiger partial charge in [-0.1, -0.05) is 19.8 Å². The molecule has 7 nitrogen and oxygen atoms in total. The first-order chi connectivity index (χ1) is 13.0. The molecule has 0 radical (unpaired) electrons. The smallest absolute Gasteiger partial charge is 0.343 e. The van der Waals surface area contributed by atoms with Crippen molar-refractivity contribution in [3.05, 3.63) is 41.4 Å². The van der Waals surface area contributed by atoms with Crippen LogP contribution in [0.1, 0.15) is 54.3 Å². The van der Waals surface area contributed by atoms with E-state index in [2.05, 4.69) is 12.2 Å². The van der Waals surface area contributed by atoms with Crippen molar-refractivity contribution >= 4 is 11.9 Å². The molecular weight excluding hydrogens is 346 g/mol. The SMILES string of the molecule is Cc1oc(-n2cccc2)c(C#N)c1C(=O)OCC(=O)N[C@H]1CCCC[C@@H]1C. The normalized spacial score (nSPS) is 19.3. The zero-order valence-electron chi connectivity index (χ0n) is 15.5. The molecule has 1 amide bonds. The maximum absolute atomic E-state index is 12.5. The van der Waals surface area contributed by atoms with E-state index in [0.29, 0.717) is 5.92 Å². The summed E-state index contributed by atoms with van der Waals surface area (Å²) in [6, 6.07) is 5.69. The molecule has 7 heteroatoms. The van der Waals surface area contributed by atoms with Crippen LogP contribution < -0.4 is 5.32 Å². The number of esters is 1. The highest BCUT2D eigenvalue weighted by Gasteiger charge is 2.27. The molecule has 0 aromatic carbocycles. The van der Waals surface area contributed by atoms with Gasteiger partial charge in [0.05, 0.1) is 0 Å². The monoisotopic (exact) mass is 369 g/mol. The van der Waals surface area contributed by atoms with Gasteiger partial charge in [-0.2, -0.15) is 5.26 Å². The van der Waals surface area contributed by atoms with Crippen molar-refractivity contribution in [2.45, 2.75) is 45.6 Å². The summed E-state index contributed by atoms with van der Waals surface area (Å²) in [5.41, 5.74) is 0.148. The zero-order valence-corrected chi connectivity index (χ0v) is 15.5. The average Bonchev–Trinajstić information content (AvgIpc) is 3.29. The number of carbonyl (C=O) groups is 2. The second-order valence-corrected chi connectivity index (χ2v) is 6.93. The van der Waals surface area contributed by atoms with E-state index < -0.39 is 5.97 Å². The van der Waals surface area contributed by atoms with E-state index in [0.717, 1.165) is 19.3 Å². The number of amides is 1. The number of rotatable bonds is 5. The van der Waals surface area contributed by atoms with Crippen molar-refractivity contribution in [1.29, 1.82) is 5.26 Å². The highest BCUT2D eigenvalue weighted by Crippen LogP contribution is 2.26. The van der Waals surface area contributed by atoms with Gasteiger partial charge in [-0.05, 0) is 37.8 Å². The third kappa shape index (κ3) is 4.05. The molecule has 0 aliphatic heterocycles. The first kappa shape index (κ1) is 18.8. The van der Waals surface area contributed by atoms with E-state index in [1.807, 2.05) is 6.07 Å². The number of furan rings is 1. The van der Waals surface area contributed by atoms with E-state index in [1.165, 1.54) is 6.42 Å². The molecule has 0 saturated heterocycles. The van der Waals surface area contributed by atoms with Crippen LogP contribution in [0.3, 0.4) is 0 Å². The zero-order chi connectivity index (χ0) is 19.4. The lowest BCUT2D eigenvalue weighted by atomic mass is 9.86. The molecule has 2 atom stereocenters. The number of carbonyl (C=O) groups excluding carboxylic acids is 2. The minimum Gasteiger partial charge on any atom is -0.452 e. The predicted octanol–water partition coefficient (Wildman–Crippen LogP) is 3.10. The van der Waals surface area contributed by atoms with Crippen molar-refractivity contribution in [3.8, 4) is 12.0 Å². The molecule has 3 rings (SSSR count). The molecule has 27 heavy (non-hydrogen) atoms. The van der Waals surface area contributed by atoms with Gasteiger partial charge >= 0.3 is 5.97 Å². The van der Waals surface area contributed by atoms with Crippen molar-refractivity contribution < 1.29 is 18.7 Å². The number of hydrogen-bond donors (Lipinski definition) is 1. The van der Waals surface area contributed by atoms with E-state index in [1.54, 1.807) is 36.0 Å². The topological polar surface area (TPSA) is 97.3 Å². The Bertz CT molecular complexity index is 861. The predicted molar refractivity (Wildman–Crippen MR) is 97.3 cm³/mol. The van der Waals surface area contributed by atoms with Crippen LogP contribution in [0, 0.1) is 24.2 Å². The third-order valence-electron chi connectivity index (χ3n) is 5.01. The Labute approximate surface area is 157 Å². The van der Waals surface area contributed by atoms with Crippen molar-refractivity contribution in [2.24, 2.45) is 5.92 Å². The second kappa shape index (κ2) is 8.12. The summed E-state index contributed by atoms with van der Waals surface area (Å²) in [4.78, 5) is 24.6. The second-order valence-electron chi connectivity index (χ2n) is 6.93. The Morgan fingerprint density at radius 3 is 2.70 bits per heavy atom. The van der Waals surface area contributed by atoms with Gasteiger partial charge in [0.2, 0.25) is 5.88 Å². The fraction of sp³-hybridized carbons (Fsp3) is 0.450. The van der Waals surface area contributed by atoms with Crippen molar-refractivity contribution in [3.63, 3.8) is 0 Å². The largest absolute Gasteiger partial charge is 0.452 e. The van der Waals surface area contributed by atoms with Gasteiger partial charge in [0.1, 0.15) is 23.0 Å². The summed E-state index contributed by atoms with van der Waals surface area (Å²) in [6.45, 7) is 3.33. The first-order valence-corrected chi connectivity index (χ1v) is 9.14.